The monoisotopic (exact) mass is 413 g/mol. The number of aromatic nitrogens is 2. The average Bonchev–Trinajstić information content (AvgIpc) is 3.16. The third-order valence-corrected chi connectivity index (χ3v) is 4.80. The number of benzene rings is 2. The molecular formula is C20H19N3O5S. The zero-order valence-electron chi connectivity index (χ0n) is 15.9. The second kappa shape index (κ2) is 9.74. The van der Waals surface area contributed by atoms with Gasteiger partial charge >= 0.3 is 5.97 Å². The van der Waals surface area contributed by atoms with E-state index in [0.29, 0.717) is 39.4 Å². The largest absolute Gasteiger partial charge is 0.495 e. The standard InChI is InChI=1S/C20H19N3O5S/c1-13-21-19(28-23-13)12-29-17-10-6-3-7-14(17)20(25)27-11-18(24)22-15-8-4-5-9-16(15)26-2/h3-10H,11-12H2,1-2H3,(H,22,24). The summed E-state index contributed by atoms with van der Waals surface area (Å²) in [5, 5.41) is 6.40. The van der Waals surface area contributed by atoms with Gasteiger partial charge in [0.25, 0.3) is 5.91 Å². The lowest BCUT2D eigenvalue weighted by molar-refractivity contribution is -0.119. The summed E-state index contributed by atoms with van der Waals surface area (Å²) in [6, 6.07) is 13.9. The SMILES string of the molecule is COc1ccccc1NC(=O)COC(=O)c1ccccc1SCc1nc(C)no1. The number of esters is 1. The fourth-order valence-corrected chi connectivity index (χ4v) is 3.32. The Bertz CT molecular complexity index is 1010. The highest BCUT2D eigenvalue weighted by atomic mass is 32.2. The van der Waals surface area contributed by atoms with Gasteiger partial charge in [-0.1, -0.05) is 29.4 Å². The molecule has 0 atom stereocenters. The normalized spacial score (nSPS) is 10.4. The van der Waals surface area contributed by atoms with Crippen LogP contribution >= 0.6 is 11.8 Å². The Morgan fingerprint density at radius 3 is 2.66 bits per heavy atom. The minimum Gasteiger partial charge on any atom is -0.495 e. The van der Waals surface area contributed by atoms with Crippen molar-refractivity contribution < 1.29 is 23.6 Å². The number of anilines is 1. The van der Waals surface area contributed by atoms with Crippen molar-refractivity contribution in [2.75, 3.05) is 19.0 Å². The van der Waals surface area contributed by atoms with E-state index in [1.807, 2.05) is 6.07 Å². The molecule has 29 heavy (non-hydrogen) atoms. The number of carbonyl (C=O) groups excluding carboxylic acids is 2. The van der Waals surface area contributed by atoms with E-state index in [9.17, 15) is 9.59 Å². The van der Waals surface area contributed by atoms with Gasteiger partial charge < -0.3 is 19.3 Å². The molecule has 0 radical (unpaired) electrons. The Hall–Kier alpha value is -3.33. The first kappa shape index (κ1) is 20.4. The highest BCUT2D eigenvalue weighted by Crippen LogP contribution is 2.26. The molecule has 0 fully saturated rings. The number of methoxy groups -OCH3 is 1. The van der Waals surface area contributed by atoms with Crippen LogP contribution in [0.1, 0.15) is 22.1 Å². The van der Waals surface area contributed by atoms with Gasteiger partial charge in [0.2, 0.25) is 5.89 Å². The Balaban J connectivity index is 1.58. The molecule has 0 bridgehead atoms. The predicted molar refractivity (Wildman–Crippen MR) is 107 cm³/mol. The van der Waals surface area contributed by atoms with Gasteiger partial charge in [0, 0.05) is 4.90 Å². The van der Waals surface area contributed by atoms with E-state index in [1.165, 1.54) is 18.9 Å². The summed E-state index contributed by atoms with van der Waals surface area (Å²) in [7, 11) is 1.51. The fraction of sp³-hybridized carbons (Fsp3) is 0.200. The first-order chi connectivity index (χ1) is 14.1. The first-order valence-corrected chi connectivity index (χ1v) is 9.66. The number of thioether (sulfide) groups is 1. The molecule has 0 unspecified atom stereocenters. The minimum absolute atomic E-state index is 0.360. The molecule has 1 heterocycles. The second-order valence-corrected chi connectivity index (χ2v) is 6.86. The van der Waals surface area contributed by atoms with Gasteiger partial charge in [-0.05, 0) is 31.2 Å². The third kappa shape index (κ3) is 5.58. The van der Waals surface area contributed by atoms with E-state index < -0.39 is 18.5 Å². The Kier molecular flexibility index (Phi) is 6.85. The van der Waals surface area contributed by atoms with E-state index in [-0.39, 0.29) is 0 Å². The minimum atomic E-state index is -0.593. The van der Waals surface area contributed by atoms with E-state index >= 15 is 0 Å². The first-order valence-electron chi connectivity index (χ1n) is 8.68. The molecule has 0 aliphatic heterocycles. The van der Waals surface area contributed by atoms with Crippen LogP contribution in [0.3, 0.4) is 0 Å². The van der Waals surface area contributed by atoms with Crippen LogP contribution in [-0.2, 0) is 15.3 Å². The van der Waals surface area contributed by atoms with Crippen LogP contribution in [0.2, 0.25) is 0 Å². The number of nitrogens with one attached hydrogen (secondary N) is 1. The number of para-hydroxylation sites is 2. The molecule has 3 aromatic rings. The molecule has 1 aromatic heterocycles. The van der Waals surface area contributed by atoms with Gasteiger partial charge in [0.15, 0.2) is 12.4 Å². The van der Waals surface area contributed by atoms with Crippen molar-refractivity contribution in [3.05, 3.63) is 65.8 Å². The summed E-state index contributed by atoms with van der Waals surface area (Å²) in [6.45, 7) is 1.32. The van der Waals surface area contributed by atoms with Gasteiger partial charge in [-0.25, -0.2) is 4.79 Å². The lowest BCUT2D eigenvalue weighted by Crippen LogP contribution is -2.21. The summed E-state index contributed by atoms with van der Waals surface area (Å²) in [5.41, 5.74) is 0.862. The van der Waals surface area contributed by atoms with Crippen LogP contribution in [0.25, 0.3) is 0 Å². The maximum absolute atomic E-state index is 12.5. The van der Waals surface area contributed by atoms with Crippen LogP contribution in [0.15, 0.2) is 57.9 Å². The van der Waals surface area contributed by atoms with Crippen molar-refractivity contribution in [2.45, 2.75) is 17.6 Å². The zero-order valence-corrected chi connectivity index (χ0v) is 16.7. The number of hydrogen-bond acceptors (Lipinski definition) is 8. The van der Waals surface area contributed by atoms with Gasteiger partial charge in [0.1, 0.15) is 5.75 Å². The quantitative estimate of drug-likeness (QED) is 0.442. The molecule has 1 amide bonds. The summed E-state index contributed by atoms with van der Waals surface area (Å²) in [5.74, 6) is 0.894. The van der Waals surface area contributed by atoms with Crippen molar-refractivity contribution in [3.63, 3.8) is 0 Å². The summed E-state index contributed by atoms with van der Waals surface area (Å²) < 4.78 is 15.4. The van der Waals surface area contributed by atoms with Gasteiger partial charge in [-0.15, -0.1) is 11.8 Å². The fourth-order valence-electron chi connectivity index (χ4n) is 2.44. The molecule has 1 N–H and O–H groups in total. The highest BCUT2D eigenvalue weighted by Gasteiger charge is 2.16. The molecule has 9 heteroatoms. The number of aryl methyl sites for hydroxylation is 1. The van der Waals surface area contributed by atoms with Gasteiger partial charge in [-0.2, -0.15) is 4.98 Å². The number of hydrogen-bond donors (Lipinski definition) is 1. The molecule has 150 valence electrons. The molecule has 0 aliphatic rings. The molecule has 8 nitrogen and oxygen atoms in total. The smallest absolute Gasteiger partial charge is 0.339 e. The molecule has 0 spiro atoms. The van der Waals surface area contributed by atoms with Crippen LogP contribution < -0.4 is 10.1 Å². The van der Waals surface area contributed by atoms with E-state index in [2.05, 4.69) is 15.5 Å². The van der Waals surface area contributed by atoms with Crippen LogP contribution in [0.4, 0.5) is 5.69 Å². The zero-order chi connectivity index (χ0) is 20.6. The summed E-state index contributed by atoms with van der Waals surface area (Å²) in [6.07, 6.45) is 0. The van der Waals surface area contributed by atoms with E-state index in [0.717, 1.165) is 0 Å². The van der Waals surface area contributed by atoms with E-state index in [4.69, 9.17) is 14.0 Å². The molecule has 0 saturated carbocycles. The van der Waals surface area contributed by atoms with Crippen molar-refractivity contribution in [3.8, 4) is 5.75 Å². The molecule has 0 aliphatic carbocycles. The van der Waals surface area contributed by atoms with E-state index in [1.54, 1.807) is 49.4 Å². The van der Waals surface area contributed by atoms with Gasteiger partial charge in [0.05, 0.1) is 24.1 Å². The highest BCUT2D eigenvalue weighted by molar-refractivity contribution is 7.98. The Labute approximate surface area is 171 Å². The molecule has 3 rings (SSSR count). The average molecular weight is 413 g/mol. The third-order valence-electron chi connectivity index (χ3n) is 3.74. The van der Waals surface area contributed by atoms with Crippen molar-refractivity contribution >= 4 is 29.3 Å². The van der Waals surface area contributed by atoms with Crippen molar-refractivity contribution in [2.24, 2.45) is 0 Å². The van der Waals surface area contributed by atoms with Crippen LogP contribution in [0, 0.1) is 6.92 Å². The molecular weight excluding hydrogens is 394 g/mol. The number of amides is 1. The van der Waals surface area contributed by atoms with Crippen molar-refractivity contribution in [1.82, 2.24) is 10.1 Å². The number of rotatable bonds is 8. The summed E-state index contributed by atoms with van der Waals surface area (Å²) >= 11 is 1.37. The molecule has 2 aromatic carbocycles. The maximum Gasteiger partial charge on any atom is 0.339 e. The number of carbonyl (C=O) groups is 2. The predicted octanol–water partition coefficient (Wildman–Crippen LogP) is 3.47. The lowest BCUT2D eigenvalue weighted by Gasteiger charge is -2.11. The molecule has 0 saturated heterocycles. The van der Waals surface area contributed by atoms with Gasteiger partial charge in [-0.3, -0.25) is 4.79 Å². The number of ether oxygens (including phenoxy) is 2. The summed E-state index contributed by atoms with van der Waals surface area (Å²) in [4.78, 5) is 29.4. The Morgan fingerprint density at radius 1 is 1.14 bits per heavy atom. The maximum atomic E-state index is 12.5. The Morgan fingerprint density at radius 2 is 1.90 bits per heavy atom. The van der Waals surface area contributed by atoms with Crippen LogP contribution in [-0.4, -0.2) is 35.7 Å². The number of nitrogens with zero attached hydrogens (tertiary/aromatic N) is 2. The topological polar surface area (TPSA) is 104 Å². The van der Waals surface area contributed by atoms with Crippen LogP contribution in [0.5, 0.6) is 5.75 Å². The lowest BCUT2D eigenvalue weighted by atomic mass is 10.2. The van der Waals surface area contributed by atoms with Crippen molar-refractivity contribution in [1.29, 1.82) is 0 Å². The second-order valence-electron chi connectivity index (χ2n) is 5.84.